The van der Waals surface area contributed by atoms with Crippen LogP contribution in [0.5, 0.6) is 0 Å². The molecule has 0 bridgehead atoms. The van der Waals surface area contributed by atoms with E-state index in [1.165, 1.54) is 11.8 Å². The van der Waals surface area contributed by atoms with Crippen LogP contribution in [0.3, 0.4) is 0 Å². The van der Waals surface area contributed by atoms with Crippen molar-refractivity contribution in [3.05, 3.63) is 0 Å². The zero-order valence-corrected chi connectivity index (χ0v) is 10.6. The third-order valence-electron chi connectivity index (χ3n) is 3.06. The molecule has 1 fully saturated rings. The van der Waals surface area contributed by atoms with E-state index in [0.29, 0.717) is 24.3 Å². The lowest BCUT2D eigenvalue weighted by atomic mass is 10.1. The lowest BCUT2D eigenvalue weighted by Gasteiger charge is -2.31. The maximum atomic E-state index is 12.3. The minimum Gasteiger partial charge on any atom is -0.481 e. The Hall–Kier alpha value is -1.47. The predicted octanol–water partition coefficient (Wildman–Crippen LogP) is 1.93. The van der Waals surface area contributed by atoms with Gasteiger partial charge in [-0.15, -0.1) is 0 Å². The van der Waals surface area contributed by atoms with Crippen molar-refractivity contribution >= 4 is 12.0 Å². The van der Waals surface area contributed by atoms with Crippen LogP contribution in [0.1, 0.15) is 26.2 Å². The number of hydrogen-bond acceptors (Lipinski definition) is 2. The molecule has 0 aromatic carbocycles. The first-order valence-corrected chi connectivity index (χ1v) is 6.08. The van der Waals surface area contributed by atoms with Crippen LogP contribution in [0.2, 0.25) is 0 Å². The molecular weight excluding hydrogens is 265 g/mol. The van der Waals surface area contributed by atoms with Crippen LogP contribution in [0.4, 0.5) is 18.0 Å². The number of nitrogens with zero attached hydrogens (tertiary/aromatic N) is 2. The van der Waals surface area contributed by atoms with Crippen molar-refractivity contribution in [3.63, 3.8) is 0 Å². The Balaban J connectivity index is 2.70. The Morgan fingerprint density at radius 3 is 2.53 bits per heavy atom. The van der Waals surface area contributed by atoms with Crippen LogP contribution in [0.15, 0.2) is 0 Å². The van der Waals surface area contributed by atoms with E-state index in [2.05, 4.69) is 0 Å². The molecule has 0 radical (unpaired) electrons. The number of likely N-dealkylation sites (tertiary alicyclic amines) is 1. The number of halogens is 3. The normalized spacial score (nSPS) is 19.6. The molecule has 1 aliphatic heterocycles. The molecular formula is C11H17F3N2O3. The van der Waals surface area contributed by atoms with Crippen LogP contribution in [-0.2, 0) is 4.79 Å². The van der Waals surface area contributed by atoms with E-state index in [9.17, 15) is 22.8 Å². The van der Waals surface area contributed by atoms with Crippen LogP contribution in [-0.4, -0.2) is 58.8 Å². The Morgan fingerprint density at radius 1 is 1.42 bits per heavy atom. The maximum absolute atomic E-state index is 12.3. The lowest BCUT2D eigenvalue weighted by molar-refractivity contribution is -0.142. The smallest absolute Gasteiger partial charge is 0.406 e. The van der Waals surface area contributed by atoms with E-state index in [0.717, 1.165) is 0 Å². The van der Waals surface area contributed by atoms with Crippen molar-refractivity contribution in [1.82, 2.24) is 9.80 Å². The molecule has 0 aromatic rings. The van der Waals surface area contributed by atoms with Gasteiger partial charge in [0.2, 0.25) is 0 Å². The molecule has 19 heavy (non-hydrogen) atoms. The third kappa shape index (κ3) is 4.60. The van der Waals surface area contributed by atoms with E-state index in [4.69, 9.17) is 5.11 Å². The van der Waals surface area contributed by atoms with Gasteiger partial charge >= 0.3 is 18.2 Å². The van der Waals surface area contributed by atoms with E-state index in [1.54, 1.807) is 0 Å². The second-order valence-electron chi connectivity index (χ2n) is 4.50. The number of alkyl halides is 3. The average molecular weight is 282 g/mol. The summed E-state index contributed by atoms with van der Waals surface area (Å²) in [5.74, 6) is -1.05. The summed E-state index contributed by atoms with van der Waals surface area (Å²) >= 11 is 0. The molecule has 0 saturated carbocycles. The van der Waals surface area contributed by atoms with Crippen molar-refractivity contribution < 1.29 is 27.9 Å². The van der Waals surface area contributed by atoms with Crippen LogP contribution >= 0.6 is 0 Å². The average Bonchev–Trinajstić information content (AvgIpc) is 2.70. The van der Waals surface area contributed by atoms with Gasteiger partial charge in [0.1, 0.15) is 6.54 Å². The highest BCUT2D eigenvalue weighted by Gasteiger charge is 2.37. The highest BCUT2D eigenvalue weighted by Crippen LogP contribution is 2.23. The summed E-state index contributed by atoms with van der Waals surface area (Å²) in [4.78, 5) is 24.6. The number of carboxylic acids is 1. The Kier molecular flexibility index (Phi) is 5.02. The number of amides is 2. The van der Waals surface area contributed by atoms with Crippen molar-refractivity contribution in [2.24, 2.45) is 0 Å². The van der Waals surface area contributed by atoms with Crippen LogP contribution in [0.25, 0.3) is 0 Å². The molecule has 8 heteroatoms. The van der Waals surface area contributed by atoms with Gasteiger partial charge in [-0.1, -0.05) is 0 Å². The number of hydrogen-bond donors (Lipinski definition) is 1. The molecule has 1 atom stereocenters. The zero-order chi connectivity index (χ0) is 14.6. The highest BCUT2D eigenvalue weighted by molar-refractivity contribution is 5.76. The number of rotatable bonds is 4. The second kappa shape index (κ2) is 6.12. The fraction of sp³-hybridized carbons (Fsp3) is 0.818. The first kappa shape index (κ1) is 15.6. The molecule has 0 spiro atoms. The van der Waals surface area contributed by atoms with Gasteiger partial charge in [-0.2, -0.15) is 13.2 Å². The third-order valence-corrected chi connectivity index (χ3v) is 3.06. The molecule has 1 rings (SSSR count). The topological polar surface area (TPSA) is 60.9 Å². The summed E-state index contributed by atoms with van der Waals surface area (Å²) in [6, 6.07) is -1.24. The Morgan fingerprint density at radius 2 is 2.05 bits per heavy atom. The van der Waals surface area contributed by atoms with Gasteiger partial charge in [-0.05, 0) is 19.8 Å². The summed E-state index contributed by atoms with van der Waals surface area (Å²) in [5, 5.41) is 8.72. The van der Waals surface area contributed by atoms with Gasteiger partial charge in [0.05, 0.1) is 6.42 Å². The minimum atomic E-state index is -4.45. The largest absolute Gasteiger partial charge is 0.481 e. The quantitative estimate of drug-likeness (QED) is 0.857. The van der Waals surface area contributed by atoms with Gasteiger partial charge in [0.15, 0.2) is 0 Å². The number of carbonyl (C=O) groups excluding carboxylic acids is 1. The van der Waals surface area contributed by atoms with Crippen LogP contribution in [0, 0.1) is 0 Å². The number of urea groups is 1. The predicted molar refractivity (Wildman–Crippen MR) is 60.7 cm³/mol. The highest BCUT2D eigenvalue weighted by atomic mass is 19.4. The molecule has 5 nitrogen and oxygen atoms in total. The zero-order valence-electron chi connectivity index (χ0n) is 10.6. The van der Waals surface area contributed by atoms with Gasteiger partial charge < -0.3 is 14.9 Å². The summed E-state index contributed by atoms with van der Waals surface area (Å²) in [6.45, 7) is 0.407. The number of aliphatic carboxylic acids is 1. The summed E-state index contributed by atoms with van der Waals surface area (Å²) in [7, 11) is 0. The molecule has 0 aliphatic carbocycles. The summed E-state index contributed by atoms with van der Waals surface area (Å²) in [5.41, 5.74) is 0. The van der Waals surface area contributed by atoms with Crippen molar-refractivity contribution in [1.29, 1.82) is 0 Å². The van der Waals surface area contributed by atoms with Crippen molar-refractivity contribution in [3.8, 4) is 0 Å². The fourth-order valence-electron chi connectivity index (χ4n) is 2.21. The Labute approximate surface area is 109 Å². The van der Waals surface area contributed by atoms with Crippen molar-refractivity contribution in [2.75, 3.05) is 19.6 Å². The lowest BCUT2D eigenvalue weighted by Crippen LogP contribution is -2.48. The molecule has 2 amide bonds. The Bertz CT molecular complexity index is 347. The monoisotopic (exact) mass is 282 g/mol. The van der Waals surface area contributed by atoms with E-state index < -0.39 is 30.8 Å². The van der Waals surface area contributed by atoms with E-state index in [-0.39, 0.29) is 13.0 Å². The van der Waals surface area contributed by atoms with Gasteiger partial charge in [-0.25, -0.2) is 4.79 Å². The first-order chi connectivity index (χ1) is 8.74. The molecule has 1 N–H and O–H groups in total. The maximum Gasteiger partial charge on any atom is 0.406 e. The standard InChI is InChI=1S/C11H17F3N2O3/c1-2-15(7-11(12,13)14)10(19)16-5-3-4-8(16)6-9(17)18/h8H,2-7H2,1H3,(H,17,18). The molecule has 1 unspecified atom stereocenters. The first-order valence-electron chi connectivity index (χ1n) is 6.08. The molecule has 0 aromatic heterocycles. The minimum absolute atomic E-state index is 0.0609. The molecule has 1 aliphatic rings. The summed E-state index contributed by atoms with van der Waals surface area (Å²) in [6.07, 6.45) is -3.54. The summed E-state index contributed by atoms with van der Waals surface area (Å²) < 4.78 is 37.0. The fourth-order valence-corrected chi connectivity index (χ4v) is 2.21. The van der Waals surface area contributed by atoms with E-state index in [1.807, 2.05) is 0 Å². The van der Waals surface area contributed by atoms with Crippen LogP contribution < -0.4 is 0 Å². The molecule has 1 heterocycles. The van der Waals surface area contributed by atoms with Gasteiger partial charge in [0, 0.05) is 19.1 Å². The number of carboxylic acid groups (broad SMARTS) is 1. The molecule has 110 valence electrons. The van der Waals surface area contributed by atoms with Crippen molar-refractivity contribution in [2.45, 2.75) is 38.4 Å². The second-order valence-corrected chi connectivity index (χ2v) is 4.50. The van der Waals surface area contributed by atoms with Gasteiger partial charge in [-0.3, -0.25) is 4.79 Å². The van der Waals surface area contributed by atoms with E-state index >= 15 is 0 Å². The molecule has 1 saturated heterocycles. The SMILES string of the molecule is CCN(CC(F)(F)F)C(=O)N1CCCC1CC(=O)O. The number of carbonyl (C=O) groups is 2. The van der Waals surface area contributed by atoms with Gasteiger partial charge in [0.25, 0.3) is 0 Å².